The van der Waals surface area contributed by atoms with E-state index in [2.05, 4.69) is 15.2 Å². The molecule has 1 aliphatic heterocycles. The molecule has 3 aromatic rings. The average molecular weight is 383 g/mol. The van der Waals surface area contributed by atoms with E-state index in [1.807, 2.05) is 19.9 Å². The third kappa shape index (κ3) is 3.03. The van der Waals surface area contributed by atoms with Crippen LogP contribution in [0.4, 0.5) is 5.69 Å². The van der Waals surface area contributed by atoms with Gasteiger partial charge in [0.15, 0.2) is 5.16 Å². The summed E-state index contributed by atoms with van der Waals surface area (Å²) in [5.41, 5.74) is 2.31. The van der Waals surface area contributed by atoms with Crippen LogP contribution < -0.4 is 9.64 Å². The number of nitrogens with zero attached hydrogens (tertiary/aromatic N) is 5. The standard InChI is InChI=1S/C18H17N5O3S/c1-10-8-11(2)22-17(19-10)20-21-18(22)27-14-9-15(24)23(16(14)25)12-4-6-13(26-3)7-5-12/h4-8,14H,9H2,1-3H3/t14-/m0/s1. The lowest BCUT2D eigenvalue weighted by atomic mass is 10.3. The van der Waals surface area contributed by atoms with Crippen molar-refractivity contribution >= 4 is 35.0 Å². The molecule has 4 rings (SSSR count). The summed E-state index contributed by atoms with van der Waals surface area (Å²) in [7, 11) is 1.56. The molecule has 0 bridgehead atoms. The van der Waals surface area contributed by atoms with Gasteiger partial charge in [-0.3, -0.25) is 14.0 Å². The highest BCUT2D eigenvalue weighted by Gasteiger charge is 2.41. The van der Waals surface area contributed by atoms with Gasteiger partial charge >= 0.3 is 0 Å². The molecule has 1 aliphatic rings. The van der Waals surface area contributed by atoms with Gasteiger partial charge in [0.1, 0.15) is 11.0 Å². The van der Waals surface area contributed by atoms with Crippen molar-refractivity contribution in [2.75, 3.05) is 12.0 Å². The van der Waals surface area contributed by atoms with Gasteiger partial charge in [0, 0.05) is 17.8 Å². The first kappa shape index (κ1) is 17.5. The van der Waals surface area contributed by atoms with Crippen molar-refractivity contribution in [3.05, 3.63) is 41.7 Å². The Morgan fingerprint density at radius 3 is 2.59 bits per heavy atom. The van der Waals surface area contributed by atoms with E-state index in [0.717, 1.165) is 11.4 Å². The van der Waals surface area contributed by atoms with Gasteiger partial charge in [-0.15, -0.1) is 10.2 Å². The summed E-state index contributed by atoms with van der Waals surface area (Å²) in [5, 5.41) is 8.24. The fourth-order valence-corrected chi connectivity index (χ4v) is 4.21. The van der Waals surface area contributed by atoms with Gasteiger partial charge in [-0.25, -0.2) is 9.88 Å². The van der Waals surface area contributed by atoms with Crippen LogP contribution in [0.5, 0.6) is 5.75 Å². The van der Waals surface area contributed by atoms with Crippen molar-refractivity contribution in [2.45, 2.75) is 30.7 Å². The van der Waals surface area contributed by atoms with Crippen LogP contribution in [0.2, 0.25) is 0 Å². The molecule has 0 saturated carbocycles. The largest absolute Gasteiger partial charge is 0.497 e. The van der Waals surface area contributed by atoms with E-state index in [-0.39, 0.29) is 18.2 Å². The number of carbonyl (C=O) groups excluding carboxylic acids is 2. The molecule has 3 heterocycles. The number of aromatic nitrogens is 4. The highest BCUT2D eigenvalue weighted by Crippen LogP contribution is 2.34. The van der Waals surface area contributed by atoms with Gasteiger partial charge in [-0.05, 0) is 44.2 Å². The molecule has 0 unspecified atom stereocenters. The first-order valence-electron chi connectivity index (χ1n) is 8.35. The van der Waals surface area contributed by atoms with Crippen LogP contribution in [0.15, 0.2) is 35.5 Å². The number of fused-ring (bicyclic) bond motifs is 1. The Morgan fingerprint density at radius 2 is 1.89 bits per heavy atom. The summed E-state index contributed by atoms with van der Waals surface area (Å²) >= 11 is 1.24. The topological polar surface area (TPSA) is 89.7 Å². The summed E-state index contributed by atoms with van der Waals surface area (Å²) in [4.78, 5) is 30.9. The lowest BCUT2D eigenvalue weighted by Gasteiger charge is -2.15. The number of ether oxygens (including phenoxy) is 1. The quantitative estimate of drug-likeness (QED) is 0.638. The summed E-state index contributed by atoms with van der Waals surface area (Å²) < 4.78 is 6.92. The van der Waals surface area contributed by atoms with Crippen molar-refractivity contribution in [3.8, 4) is 5.75 Å². The zero-order chi connectivity index (χ0) is 19.1. The summed E-state index contributed by atoms with van der Waals surface area (Å²) in [5.74, 6) is 0.655. The molecule has 0 aliphatic carbocycles. The number of imide groups is 1. The third-order valence-corrected chi connectivity index (χ3v) is 5.47. The van der Waals surface area contributed by atoms with Crippen molar-refractivity contribution < 1.29 is 14.3 Å². The Morgan fingerprint density at radius 1 is 1.15 bits per heavy atom. The van der Waals surface area contributed by atoms with Crippen LogP contribution in [-0.2, 0) is 9.59 Å². The zero-order valence-corrected chi connectivity index (χ0v) is 15.9. The van der Waals surface area contributed by atoms with Gasteiger partial charge < -0.3 is 4.74 Å². The van der Waals surface area contributed by atoms with Crippen molar-refractivity contribution in [2.24, 2.45) is 0 Å². The molecule has 9 heteroatoms. The minimum Gasteiger partial charge on any atom is -0.497 e. The Hall–Kier alpha value is -2.94. The zero-order valence-electron chi connectivity index (χ0n) is 15.0. The minimum atomic E-state index is -0.548. The van der Waals surface area contributed by atoms with E-state index in [4.69, 9.17) is 4.74 Å². The Labute approximate surface area is 159 Å². The molecular formula is C18H17N5O3S. The maximum Gasteiger partial charge on any atom is 0.256 e. The normalized spacial score (nSPS) is 17.1. The SMILES string of the molecule is COc1ccc(N2C(=O)C[C@H](Sc3nnc4nc(C)cc(C)n34)C2=O)cc1. The number of hydrogen-bond donors (Lipinski definition) is 0. The van der Waals surface area contributed by atoms with E-state index in [9.17, 15) is 9.59 Å². The van der Waals surface area contributed by atoms with Gasteiger partial charge in [0.25, 0.3) is 5.78 Å². The molecule has 0 N–H and O–H groups in total. The second kappa shape index (κ2) is 6.66. The summed E-state index contributed by atoms with van der Waals surface area (Å²) in [6.45, 7) is 3.82. The molecule has 0 radical (unpaired) electrons. The molecule has 1 saturated heterocycles. The Balaban J connectivity index is 1.61. The van der Waals surface area contributed by atoms with Gasteiger partial charge in [0.05, 0.1) is 12.8 Å². The van der Waals surface area contributed by atoms with Gasteiger partial charge in [-0.1, -0.05) is 11.8 Å². The van der Waals surface area contributed by atoms with Crippen LogP contribution in [0.1, 0.15) is 17.8 Å². The first-order valence-corrected chi connectivity index (χ1v) is 9.23. The molecule has 138 valence electrons. The molecule has 2 aromatic heterocycles. The van der Waals surface area contributed by atoms with Gasteiger partial charge in [0.2, 0.25) is 11.8 Å². The van der Waals surface area contributed by atoms with Crippen LogP contribution >= 0.6 is 11.8 Å². The first-order chi connectivity index (χ1) is 13.0. The molecule has 1 atom stereocenters. The Bertz CT molecular complexity index is 1050. The lowest BCUT2D eigenvalue weighted by Crippen LogP contribution is -2.31. The van der Waals surface area contributed by atoms with E-state index in [0.29, 0.717) is 22.4 Å². The minimum absolute atomic E-state index is 0.114. The molecule has 1 fully saturated rings. The monoisotopic (exact) mass is 383 g/mol. The van der Waals surface area contributed by atoms with Crippen molar-refractivity contribution in [1.29, 1.82) is 0 Å². The highest BCUT2D eigenvalue weighted by molar-refractivity contribution is 8.00. The van der Waals surface area contributed by atoms with E-state index in [1.54, 1.807) is 35.8 Å². The molecule has 8 nitrogen and oxygen atoms in total. The fourth-order valence-electron chi connectivity index (χ4n) is 3.10. The predicted octanol–water partition coefficient (Wildman–Crippen LogP) is 2.17. The number of rotatable bonds is 4. The van der Waals surface area contributed by atoms with Crippen molar-refractivity contribution in [1.82, 2.24) is 19.6 Å². The maximum atomic E-state index is 12.9. The number of benzene rings is 1. The van der Waals surface area contributed by atoms with Crippen LogP contribution in [0.3, 0.4) is 0 Å². The Kier molecular flexibility index (Phi) is 4.31. The number of thioether (sulfide) groups is 1. The average Bonchev–Trinajstić information content (AvgIpc) is 3.16. The number of aryl methyl sites for hydroxylation is 2. The van der Waals surface area contributed by atoms with E-state index in [1.165, 1.54) is 16.7 Å². The molecule has 2 amide bonds. The van der Waals surface area contributed by atoms with E-state index >= 15 is 0 Å². The number of methoxy groups -OCH3 is 1. The summed E-state index contributed by atoms with van der Waals surface area (Å²) in [6.07, 6.45) is 0.114. The highest BCUT2D eigenvalue weighted by atomic mass is 32.2. The third-order valence-electron chi connectivity index (χ3n) is 4.35. The lowest BCUT2D eigenvalue weighted by molar-refractivity contribution is -0.121. The molecular weight excluding hydrogens is 366 g/mol. The number of carbonyl (C=O) groups is 2. The van der Waals surface area contributed by atoms with Crippen LogP contribution in [0.25, 0.3) is 5.78 Å². The van der Waals surface area contributed by atoms with E-state index < -0.39 is 5.25 Å². The second-order valence-corrected chi connectivity index (χ2v) is 7.40. The predicted molar refractivity (Wildman–Crippen MR) is 100 cm³/mol. The number of anilines is 1. The molecule has 27 heavy (non-hydrogen) atoms. The van der Waals surface area contributed by atoms with Crippen molar-refractivity contribution in [3.63, 3.8) is 0 Å². The van der Waals surface area contributed by atoms with Gasteiger partial charge in [-0.2, -0.15) is 0 Å². The van der Waals surface area contributed by atoms with Crippen LogP contribution in [-0.4, -0.2) is 43.8 Å². The maximum absolute atomic E-state index is 12.9. The van der Waals surface area contributed by atoms with Crippen LogP contribution in [0, 0.1) is 13.8 Å². The molecule has 0 spiro atoms. The number of amides is 2. The second-order valence-electron chi connectivity index (χ2n) is 6.23. The molecule has 1 aromatic carbocycles. The number of hydrogen-bond acceptors (Lipinski definition) is 7. The smallest absolute Gasteiger partial charge is 0.256 e. The fraction of sp³-hybridized carbons (Fsp3) is 0.278. The summed E-state index contributed by atoms with van der Waals surface area (Å²) in [6, 6.07) is 8.77.